The van der Waals surface area contributed by atoms with Crippen molar-refractivity contribution in [1.29, 1.82) is 0 Å². The Morgan fingerprint density at radius 3 is 2.64 bits per heavy atom. The highest BCUT2D eigenvalue weighted by Crippen LogP contribution is 2.29. The van der Waals surface area contributed by atoms with E-state index >= 15 is 0 Å². The van der Waals surface area contributed by atoms with Crippen LogP contribution in [0.15, 0.2) is 48.5 Å². The summed E-state index contributed by atoms with van der Waals surface area (Å²) in [6, 6.07) is 10.8. The number of nitro groups is 1. The number of rotatable bonds is 8. The Morgan fingerprint density at radius 1 is 1.18 bits per heavy atom. The van der Waals surface area contributed by atoms with Gasteiger partial charge in [-0.2, -0.15) is 0 Å². The van der Waals surface area contributed by atoms with Crippen LogP contribution in [0.1, 0.15) is 30.1 Å². The number of nitrogens with zero attached hydrogens (tertiary/aromatic N) is 2. The molecule has 3 rings (SSSR count). The average Bonchev–Trinajstić information content (AvgIpc) is 3.23. The van der Waals surface area contributed by atoms with E-state index in [1.165, 1.54) is 25.1 Å². The molecule has 0 aliphatic carbocycles. The Hall–Kier alpha value is -4.28. The first kappa shape index (κ1) is 23.4. The van der Waals surface area contributed by atoms with Gasteiger partial charge in [-0.3, -0.25) is 24.5 Å². The number of carbonyl (C=O) groups is 4. The summed E-state index contributed by atoms with van der Waals surface area (Å²) in [6.07, 6.45) is 1.18. The molecule has 1 aliphatic heterocycles. The Kier molecular flexibility index (Phi) is 7.34. The van der Waals surface area contributed by atoms with E-state index in [1.807, 2.05) is 0 Å². The van der Waals surface area contributed by atoms with Crippen LogP contribution in [0.5, 0.6) is 0 Å². The minimum absolute atomic E-state index is 0.00894. The Balaban J connectivity index is 1.53. The van der Waals surface area contributed by atoms with E-state index in [4.69, 9.17) is 4.74 Å². The quantitative estimate of drug-likeness (QED) is 0.352. The highest BCUT2D eigenvalue weighted by Gasteiger charge is 2.25. The zero-order valence-electron chi connectivity index (χ0n) is 17.8. The van der Waals surface area contributed by atoms with E-state index in [2.05, 4.69) is 10.6 Å². The molecule has 1 atom stereocenters. The van der Waals surface area contributed by atoms with E-state index < -0.39 is 35.4 Å². The molecule has 33 heavy (non-hydrogen) atoms. The summed E-state index contributed by atoms with van der Waals surface area (Å²) in [7, 11) is 0. The van der Waals surface area contributed by atoms with Crippen molar-refractivity contribution in [2.45, 2.75) is 25.8 Å². The summed E-state index contributed by atoms with van der Waals surface area (Å²) < 4.78 is 4.97. The van der Waals surface area contributed by atoms with Gasteiger partial charge in [0.2, 0.25) is 5.91 Å². The molecule has 1 saturated heterocycles. The number of nitrogens with one attached hydrogen (secondary N) is 2. The number of hydrogen-bond acceptors (Lipinski definition) is 7. The zero-order valence-corrected chi connectivity index (χ0v) is 17.8. The minimum atomic E-state index is -1.10. The summed E-state index contributed by atoms with van der Waals surface area (Å²) in [4.78, 5) is 60.5. The Labute approximate surface area is 188 Å². The van der Waals surface area contributed by atoms with E-state index in [0.29, 0.717) is 24.3 Å². The molecular weight excluding hydrogens is 432 g/mol. The van der Waals surface area contributed by atoms with Gasteiger partial charge in [-0.1, -0.05) is 18.2 Å². The SMILES string of the molecule is C[C@H](NC(=O)c1cccc([N+](=O)[O-])c1)C(=O)OCC(=O)Nc1ccccc1N1CCCC1=O. The summed E-state index contributed by atoms with van der Waals surface area (Å²) >= 11 is 0. The van der Waals surface area contributed by atoms with Gasteiger partial charge in [0.15, 0.2) is 6.61 Å². The molecular formula is C22H22N4O7. The predicted octanol–water partition coefficient (Wildman–Crippen LogP) is 2.02. The molecule has 2 aromatic rings. The molecule has 2 N–H and O–H groups in total. The van der Waals surface area contributed by atoms with Gasteiger partial charge in [0.05, 0.1) is 16.3 Å². The molecule has 11 heteroatoms. The number of ether oxygens (including phenoxy) is 1. The molecule has 1 heterocycles. The maximum absolute atomic E-state index is 12.3. The van der Waals surface area contributed by atoms with E-state index in [-0.39, 0.29) is 17.2 Å². The monoisotopic (exact) mass is 454 g/mol. The Morgan fingerprint density at radius 2 is 1.94 bits per heavy atom. The third kappa shape index (κ3) is 5.91. The molecule has 0 saturated carbocycles. The maximum atomic E-state index is 12.3. The van der Waals surface area contributed by atoms with Crippen molar-refractivity contribution in [3.05, 3.63) is 64.2 Å². The zero-order chi connectivity index (χ0) is 24.0. The lowest BCUT2D eigenvalue weighted by molar-refractivity contribution is -0.384. The maximum Gasteiger partial charge on any atom is 0.328 e. The first-order chi connectivity index (χ1) is 15.8. The number of amides is 3. The number of para-hydroxylation sites is 2. The third-order valence-corrected chi connectivity index (χ3v) is 4.91. The highest BCUT2D eigenvalue weighted by atomic mass is 16.6. The lowest BCUT2D eigenvalue weighted by Gasteiger charge is -2.20. The van der Waals surface area contributed by atoms with Gasteiger partial charge in [-0.05, 0) is 31.5 Å². The van der Waals surface area contributed by atoms with Crippen molar-refractivity contribution in [3.63, 3.8) is 0 Å². The van der Waals surface area contributed by atoms with Crippen LogP contribution in [0, 0.1) is 10.1 Å². The second-order valence-electron chi connectivity index (χ2n) is 7.32. The van der Waals surface area contributed by atoms with Crippen molar-refractivity contribution in [1.82, 2.24) is 5.32 Å². The third-order valence-electron chi connectivity index (χ3n) is 4.91. The first-order valence-corrected chi connectivity index (χ1v) is 10.2. The fourth-order valence-corrected chi connectivity index (χ4v) is 3.27. The molecule has 0 radical (unpaired) electrons. The molecule has 2 aromatic carbocycles. The van der Waals surface area contributed by atoms with Gasteiger partial charge in [0.25, 0.3) is 17.5 Å². The van der Waals surface area contributed by atoms with Crippen LogP contribution in [-0.2, 0) is 19.1 Å². The van der Waals surface area contributed by atoms with Crippen molar-refractivity contribution < 1.29 is 28.8 Å². The second-order valence-corrected chi connectivity index (χ2v) is 7.32. The van der Waals surface area contributed by atoms with Crippen LogP contribution in [0.25, 0.3) is 0 Å². The van der Waals surface area contributed by atoms with E-state index in [1.54, 1.807) is 29.2 Å². The van der Waals surface area contributed by atoms with Crippen LogP contribution in [-0.4, -0.2) is 47.8 Å². The summed E-state index contributed by atoms with van der Waals surface area (Å²) in [5.74, 6) is -2.19. The number of esters is 1. The number of benzene rings is 2. The number of hydrogen-bond donors (Lipinski definition) is 2. The van der Waals surface area contributed by atoms with Crippen LogP contribution < -0.4 is 15.5 Å². The molecule has 172 valence electrons. The fraction of sp³-hybridized carbons (Fsp3) is 0.273. The van der Waals surface area contributed by atoms with Gasteiger partial charge in [-0.25, -0.2) is 4.79 Å². The number of carbonyl (C=O) groups excluding carboxylic acids is 4. The molecule has 1 fully saturated rings. The standard InChI is InChI=1S/C22H22N4O7/c1-14(23-21(29)15-6-4-7-16(12-15)26(31)32)22(30)33-13-19(27)24-17-8-2-3-9-18(17)25-11-5-10-20(25)28/h2-4,6-9,12,14H,5,10-11,13H2,1H3,(H,23,29)(H,24,27)/t14-/m0/s1. The predicted molar refractivity (Wildman–Crippen MR) is 118 cm³/mol. The summed E-state index contributed by atoms with van der Waals surface area (Å²) in [6.45, 7) is 1.32. The smallest absolute Gasteiger partial charge is 0.328 e. The topological polar surface area (TPSA) is 148 Å². The van der Waals surface area contributed by atoms with Crippen molar-refractivity contribution >= 4 is 40.8 Å². The van der Waals surface area contributed by atoms with E-state index in [9.17, 15) is 29.3 Å². The second kappa shape index (κ2) is 10.4. The van der Waals surface area contributed by atoms with Crippen molar-refractivity contribution in [2.75, 3.05) is 23.4 Å². The number of nitro benzene ring substituents is 1. The summed E-state index contributed by atoms with van der Waals surface area (Å²) in [5, 5.41) is 15.8. The molecule has 0 bridgehead atoms. The molecule has 0 aromatic heterocycles. The fourth-order valence-electron chi connectivity index (χ4n) is 3.27. The van der Waals surface area contributed by atoms with Crippen molar-refractivity contribution in [3.8, 4) is 0 Å². The lowest BCUT2D eigenvalue weighted by atomic mass is 10.2. The molecule has 0 unspecified atom stereocenters. The number of non-ortho nitro benzene ring substituents is 1. The average molecular weight is 454 g/mol. The summed E-state index contributed by atoms with van der Waals surface area (Å²) in [5.41, 5.74) is 0.734. The normalized spacial score (nSPS) is 13.8. The first-order valence-electron chi connectivity index (χ1n) is 10.2. The Bertz CT molecular complexity index is 1100. The van der Waals surface area contributed by atoms with Crippen LogP contribution in [0.4, 0.5) is 17.1 Å². The molecule has 11 nitrogen and oxygen atoms in total. The van der Waals surface area contributed by atoms with Crippen LogP contribution in [0.2, 0.25) is 0 Å². The lowest BCUT2D eigenvalue weighted by Crippen LogP contribution is -2.40. The van der Waals surface area contributed by atoms with Gasteiger partial charge in [-0.15, -0.1) is 0 Å². The van der Waals surface area contributed by atoms with Gasteiger partial charge in [0.1, 0.15) is 6.04 Å². The molecule has 1 aliphatic rings. The van der Waals surface area contributed by atoms with E-state index in [0.717, 1.165) is 12.5 Å². The number of anilines is 2. The van der Waals surface area contributed by atoms with Gasteiger partial charge < -0.3 is 20.3 Å². The van der Waals surface area contributed by atoms with Gasteiger partial charge in [0, 0.05) is 30.7 Å². The van der Waals surface area contributed by atoms with Crippen LogP contribution in [0.3, 0.4) is 0 Å². The van der Waals surface area contributed by atoms with Crippen molar-refractivity contribution in [2.24, 2.45) is 0 Å². The largest absolute Gasteiger partial charge is 0.454 e. The van der Waals surface area contributed by atoms with Gasteiger partial charge >= 0.3 is 5.97 Å². The molecule has 0 spiro atoms. The molecule has 3 amide bonds. The highest BCUT2D eigenvalue weighted by molar-refractivity contribution is 6.02. The minimum Gasteiger partial charge on any atom is -0.454 e. The van der Waals surface area contributed by atoms with Crippen LogP contribution >= 0.6 is 0 Å².